The molecule has 0 bridgehead atoms. The first-order valence-corrected chi connectivity index (χ1v) is 3.27. The van der Waals surface area contributed by atoms with Crippen LogP contribution >= 0.6 is 15.9 Å². The molecule has 0 saturated carbocycles. The van der Waals surface area contributed by atoms with Gasteiger partial charge in [-0.3, -0.25) is 4.79 Å². The van der Waals surface area contributed by atoms with Gasteiger partial charge in [0.1, 0.15) is 10.3 Å². The van der Waals surface area contributed by atoms with Gasteiger partial charge in [-0.15, -0.1) is 0 Å². The van der Waals surface area contributed by atoms with Gasteiger partial charge in [0.25, 0.3) is 5.91 Å². The lowest BCUT2D eigenvalue weighted by Crippen LogP contribution is -2.12. The van der Waals surface area contributed by atoms with Crippen LogP contribution in [0.15, 0.2) is 17.0 Å². The topological polar surface area (TPSA) is 68.9 Å². The van der Waals surface area contributed by atoms with E-state index < -0.39 is 5.91 Å². The third-order valence-electron chi connectivity index (χ3n) is 0.873. The average molecular weight is 202 g/mol. The molecule has 0 spiro atoms. The molecule has 0 fully saturated rings. The Bertz CT molecular complexity index is 246. The number of nitrogens with zero attached hydrogens (tertiary/aromatic N) is 2. The number of rotatable bonds is 1. The maximum atomic E-state index is 10.4. The molecule has 1 heterocycles. The average Bonchev–Trinajstić information content (AvgIpc) is 1.88. The lowest BCUT2D eigenvalue weighted by Gasteiger charge is -1.91. The lowest BCUT2D eigenvalue weighted by atomic mass is 10.4. The Morgan fingerprint density at radius 3 is 2.60 bits per heavy atom. The smallest absolute Gasteiger partial charge is 0.268 e. The zero-order valence-corrected chi connectivity index (χ0v) is 6.50. The van der Waals surface area contributed by atoms with E-state index in [9.17, 15) is 4.79 Å². The first kappa shape index (κ1) is 7.14. The fourth-order valence-corrected chi connectivity index (χ4v) is 0.644. The van der Waals surface area contributed by atoms with Gasteiger partial charge in [0, 0.05) is 0 Å². The van der Waals surface area contributed by atoms with Crippen molar-refractivity contribution in [2.75, 3.05) is 0 Å². The Hall–Kier alpha value is -0.970. The minimum absolute atomic E-state index is 0.170. The van der Waals surface area contributed by atoms with Crippen LogP contribution in [0.3, 0.4) is 0 Å². The molecule has 0 atom stereocenters. The molecular weight excluding hydrogens is 198 g/mol. The summed E-state index contributed by atoms with van der Waals surface area (Å²) in [4.78, 5) is 17.9. The van der Waals surface area contributed by atoms with E-state index in [0.29, 0.717) is 4.60 Å². The van der Waals surface area contributed by atoms with E-state index in [-0.39, 0.29) is 5.69 Å². The Morgan fingerprint density at radius 2 is 2.20 bits per heavy atom. The van der Waals surface area contributed by atoms with Gasteiger partial charge in [0.2, 0.25) is 0 Å². The van der Waals surface area contributed by atoms with Crippen LogP contribution in [0.4, 0.5) is 0 Å². The van der Waals surface area contributed by atoms with Crippen molar-refractivity contribution in [1.82, 2.24) is 9.97 Å². The molecule has 0 radical (unpaired) electrons. The van der Waals surface area contributed by atoms with Crippen molar-refractivity contribution in [3.05, 3.63) is 22.7 Å². The summed E-state index contributed by atoms with van der Waals surface area (Å²) in [5.41, 5.74) is 5.08. The second kappa shape index (κ2) is 2.74. The maximum Gasteiger partial charge on any atom is 0.268 e. The third kappa shape index (κ3) is 1.51. The molecular formula is C5H4BrN3O. The van der Waals surface area contributed by atoms with E-state index in [4.69, 9.17) is 5.73 Å². The van der Waals surface area contributed by atoms with Crippen molar-refractivity contribution in [1.29, 1.82) is 0 Å². The third-order valence-corrected chi connectivity index (χ3v) is 1.28. The molecule has 10 heavy (non-hydrogen) atoms. The highest BCUT2D eigenvalue weighted by Gasteiger charge is 1.99. The van der Waals surface area contributed by atoms with Crippen LogP contribution in [-0.4, -0.2) is 15.9 Å². The van der Waals surface area contributed by atoms with Crippen LogP contribution in [0.1, 0.15) is 10.5 Å². The monoisotopic (exact) mass is 201 g/mol. The Balaban J connectivity index is 3.00. The lowest BCUT2D eigenvalue weighted by molar-refractivity contribution is 0.0995. The number of aromatic nitrogens is 2. The number of primary amides is 1. The molecule has 1 aromatic rings. The number of carbonyl (C=O) groups is 1. The number of nitrogens with two attached hydrogens (primary N) is 1. The van der Waals surface area contributed by atoms with E-state index >= 15 is 0 Å². The first-order chi connectivity index (χ1) is 4.70. The summed E-state index contributed by atoms with van der Waals surface area (Å²) in [5, 5.41) is 0. The highest BCUT2D eigenvalue weighted by atomic mass is 79.9. The SMILES string of the molecule is NC(=O)c1cnc(Br)cn1. The van der Waals surface area contributed by atoms with Crippen LogP contribution < -0.4 is 5.73 Å². The van der Waals surface area contributed by atoms with Gasteiger partial charge in [-0.1, -0.05) is 0 Å². The van der Waals surface area contributed by atoms with Crippen molar-refractivity contribution < 1.29 is 4.79 Å². The van der Waals surface area contributed by atoms with Crippen LogP contribution in [0.5, 0.6) is 0 Å². The fourth-order valence-electron chi connectivity index (χ4n) is 0.440. The number of amides is 1. The largest absolute Gasteiger partial charge is 0.364 e. The van der Waals surface area contributed by atoms with Gasteiger partial charge in [-0.2, -0.15) is 0 Å². The molecule has 1 aromatic heterocycles. The summed E-state index contributed by atoms with van der Waals surface area (Å²) in [7, 11) is 0. The molecule has 1 rings (SSSR count). The van der Waals surface area contributed by atoms with E-state index in [0.717, 1.165) is 0 Å². The second-order valence-corrected chi connectivity index (χ2v) is 2.40. The van der Waals surface area contributed by atoms with E-state index in [1.807, 2.05) is 0 Å². The standard InChI is InChI=1S/C5H4BrN3O/c6-4-2-8-3(1-9-4)5(7)10/h1-2H,(H2,7,10). The number of hydrogen-bond acceptors (Lipinski definition) is 3. The van der Waals surface area contributed by atoms with Gasteiger partial charge >= 0.3 is 0 Å². The Morgan fingerprint density at radius 1 is 1.50 bits per heavy atom. The van der Waals surface area contributed by atoms with E-state index in [2.05, 4.69) is 25.9 Å². The van der Waals surface area contributed by atoms with Gasteiger partial charge < -0.3 is 5.73 Å². The Labute approximate surface area is 65.6 Å². The highest BCUT2D eigenvalue weighted by molar-refractivity contribution is 9.10. The van der Waals surface area contributed by atoms with Crippen LogP contribution in [-0.2, 0) is 0 Å². The number of hydrogen-bond donors (Lipinski definition) is 1. The van der Waals surface area contributed by atoms with Crippen molar-refractivity contribution in [3.8, 4) is 0 Å². The van der Waals surface area contributed by atoms with Crippen molar-refractivity contribution in [3.63, 3.8) is 0 Å². The molecule has 0 aliphatic carbocycles. The normalized spacial score (nSPS) is 9.30. The predicted octanol–water partition coefficient (Wildman–Crippen LogP) is 0.338. The maximum absolute atomic E-state index is 10.4. The molecule has 5 heteroatoms. The zero-order chi connectivity index (χ0) is 7.56. The summed E-state index contributed by atoms with van der Waals surface area (Å²) in [6, 6.07) is 0. The summed E-state index contributed by atoms with van der Waals surface area (Å²) >= 11 is 3.07. The first-order valence-electron chi connectivity index (χ1n) is 2.47. The van der Waals surface area contributed by atoms with Crippen molar-refractivity contribution >= 4 is 21.8 Å². The van der Waals surface area contributed by atoms with Crippen molar-refractivity contribution in [2.45, 2.75) is 0 Å². The van der Waals surface area contributed by atoms with E-state index in [1.165, 1.54) is 12.4 Å². The minimum Gasteiger partial charge on any atom is -0.364 e. The summed E-state index contributed by atoms with van der Waals surface area (Å²) < 4.78 is 0.581. The molecule has 52 valence electrons. The van der Waals surface area contributed by atoms with E-state index in [1.54, 1.807) is 0 Å². The highest BCUT2D eigenvalue weighted by Crippen LogP contribution is 2.01. The van der Waals surface area contributed by atoms with Crippen LogP contribution in [0.25, 0.3) is 0 Å². The quantitative estimate of drug-likeness (QED) is 0.713. The molecule has 0 saturated heterocycles. The van der Waals surface area contributed by atoms with Crippen LogP contribution in [0.2, 0.25) is 0 Å². The van der Waals surface area contributed by atoms with Gasteiger partial charge in [-0.05, 0) is 15.9 Å². The molecule has 0 aliphatic rings. The summed E-state index contributed by atoms with van der Waals surface area (Å²) in [5.74, 6) is -0.569. The minimum atomic E-state index is -0.569. The number of halogens is 1. The molecule has 0 aromatic carbocycles. The molecule has 1 amide bonds. The van der Waals surface area contributed by atoms with Crippen LogP contribution in [0, 0.1) is 0 Å². The Kier molecular flexibility index (Phi) is 1.96. The molecule has 2 N–H and O–H groups in total. The van der Waals surface area contributed by atoms with Gasteiger partial charge in [0.05, 0.1) is 12.4 Å². The van der Waals surface area contributed by atoms with Crippen molar-refractivity contribution in [2.24, 2.45) is 5.73 Å². The second-order valence-electron chi connectivity index (χ2n) is 1.59. The summed E-state index contributed by atoms with van der Waals surface area (Å²) in [6.07, 6.45) is 2.73. The van der Waals surface area contributed by atoms with Gasteiger partial charge in [-0.25, -0.2) is 9.97 Å². The number of carbonyl (C=O) groups excluding carboxylic acids is 1. The molecule has 4 nitrogen and oxygen atoms in total. The fraction of sp³-hybridized carbons (Fsp3) is 0. The molecule has 0 unspecified atom stereocenters. The zero-order valence-electron chi connectivity index (χ0n) is 4.91. The molecule has 0 aliphatic heterocycles. The predicted molar refractivity (Wildman–Crippen MR) is 38.2 cm³/mol. The van der Waals surface area contributed by atoms with Gasteiger partial charge in [0.15, 0.2) is 0 Å². The summed E-state index contributed by atoms with van der Waals surface area (Å²) in [6.45, 7) is 0.